The summed E-state index contributed by atoms with van der Waals surface area (Å²) in [6.45, 7) is 4.38. The number of hydrogen-bond acceptors (Lipinski definition) is 7. The third kappa shape index (κ3) is 5.71. The molecule has 11 nitrogen and oxygen atoms in total. The molecule has 1 aliphatic heterocycles. The van der Waals surface area contributed by atoms with Gasteiger partial charge in [0.2, 0.25) is 15.9 Å². The number of urea groups is 1. The van der Waals surface area contributed by atoms with Crippen molar-refractivity contribution in [2.24, 2.45) is 0 Å². The van der Waals surface area contributed by atoms with E-state index in [1.165, 1.54) is 22.5 Å². The standard InChI is InChI=1S/C16H23N5O6S/c1-12(2)17-16(23)18-15(22)11-19-6-8-20(9-7-19)28(26,27)14-5-3-4-13(10-14)21(24)25/h3-5,10,12H,6-9,11H2,1-2H3,(H2,17,18,22,23). The number of carbonyl (C=O) groups is 2. The zero-order valence-electron chi connectivity index (χ0n) is 15.6. The molecule has 2 N–H and O–H groups in total. The highest BCUT2D eigenvalue weighted by Gasteiger charge is 2.30. The van der Waals surface area contributed by atoms with Gasteiger partial charge >= 0.3 is 6.03 Å². The van der Waals surface area contributed by atoms with Crippen molar-refractivity contribution in [1.29, 1.82) is 0 Å². The lowest BCUT2D eigenvalue weighted by Crippen LogP contribution is -2.52. The summed E-state index contributed by atoms with van der Waals surface area (Å²) in [5.74, 6) is -0.479. The highest BCUT2D eigenvalue weighted by molar-refractivity contribution is 7.89. The molecule has 0 atom stereocenters. The second kappa shape index (κ2) is 9.08. The Morgan fingerprint density at radius 2 is 1.86 bits per heavy atom. The lowest BCUT2D eigenvalue weighted by molar-refractivity contribution is -0.385. The molecule has 0 aliphatic carbocycles. The van der Waals surface area contributed by atoms with Gasteiger partial charge in [0, 0.05) is 44.4 Å². The van der Waals surface area contributed by atoms with E-state index in [4.69, 9.17) is 0 Å². The van der Waals surface area contributed by atoms with Gasteiger partial charge in [-0.05, 0) is 19.9 Å². The number of hydrogen-bond donors (Lipinski definition) is 2. The molecule has 1 aromatic rings. The smallest absolute Gasteiger partial charge is 0.321 e. The Morgan fingerprint density at radius 3 is 2.43 bits per heavy atom. The number of sulfonamides is 1. The van der Waals surface area contributed by atoms with Crippen LogP contribution in [0.5, 0.6) is 0 Å². The summed E-state index contributed by atoms with van der Waals surface area (Å²) in [5, 5.41) is 15.6. The topological polar surface area (TPSA) is 142 Å². The average molecular weight is 413 g/mol. The molecule has 28 heavy (non-hydrogen) atoms. The summed E-state index contributed by atoms with van der Waals surface area (Å²) >= 11 is 0. The van der Waals surface area contributed by atoms with Crippen molar-refractivity contribution in [2.75, 3.05) is 32.7 Å². The number of nitrogens with one attached hydrogen (secondary N) is 2. The van der Waals surface area contributed by atoms with Crippen molar-refractivity contribution in [3.63, 3.8) is 0 Å². The van der Waals surface area contributed by atoms with Crippen LogP contribution in [0, 0.1) is 10.1 Å². The van der Waals surface area contributed by atoms with Crippen molar-refractivity contribution < 1.29 is 22.9 Å². The van der Waals surface area contributed by atoms with E-state index < -0.39 is 26.9 Å². The van der Waals surface area contributed by atoms with Gasteiger partial charge in [0.15, 0.2) is 0 Å². The number of amides is 3. The summed E-state index contributed by atoms with van der Waals surface area (Å²) in [7, 11) is -3.86. The molecular formula is C16H23N5O6S. The molecule has 0 aromatic heterocycles. The molecule has 0 bridgehead atoms. The quantitative estimate of drug-likeness (QED) is 0.499. The summed E-state index contributed by atoms with van der Waals surface area (Å²) < 4.78 is 26.6. The van der Waals surface area contributed by atoms with Crippen LogP contribution in [0.4, 0.5) is 10.5 Å². The van der Waals surface area contributed by atoms with E-state index in [9.17, 15) is 28.1 Å². The number of benzene rings is 1. The predicted octanol–water partition coefficient (Wildman–Crippen LogP) is 0.135. The first-order chi connectivity index (χ1) is 13.1. The number of nitro groups is 1. The van der Waals surface area contributed by atoms with Crippen LogP contribution < -0.4 is 10.6 Å². The molecule has 1 aromatic carbocycles. The molecule has 0 radical (unpaired) electrons. The molecule has 0 saturated carbocycles. The van der Waals surface area contributed by atoms with Crippen LogP contribution >= 0.6 is 0 Å². The minimum Gasteiger partial charge on any atom is -0.336 e. The lowest BCUT2D eigenvalue weighted by Gasteiger charge is -2.33. The van der Waals surface area contributed by atoms with E-state index in [0.29, 0.717) is 13.1 Å². The Balaban J connectivity index is 1.92. The maximum Gasteiger partial charge on any atom is 0.321 e. The fourth-order valence-electron chi connectivity index (χ4n) is 2.70. The predicted molar refractivity (Wildman–Crippen MR) is 100 cm³/mol. The van der Waals surface area contributed by atoms with Gasteiger partial charge in [0.1, 0.15) is 0 Å². The van der Waals surface area contributed by atoms with Crippen LogP contribution in [0.3, 0.4) is 0 Å². The first kappa shape index (κ1) is 21.7. The maximum atomic E-state index is 12.7. The molecule has 3 amide bonds. The molecule has 1 fully saturated rings. The fraction of sp³-hybridized carbons (Fsp3) is 0.500. The van der Waals surface area contributed by atoms with E-state index in [1.807, 2.05) is 0 Å². The molecular weight excluding hydrogens is 390 g/mol. The summed E-state index contributed by atoms with van der Waals surface area (Å²) in [6, 6.07) is 4.22. The van der Waals surface area contributed by atoms with Crippen molar-refractivity contribution in [3.8, 4) is 0 Å². The van der Waals surface area contributed by atoms with Gasteiger partial charge in [-0.25, -0.2) is 13.2 Å². The molecule has 1 saturated heterocycles. The van der Waals surface area contributed by atoms with Crippen molar-refractivity contribution >= 4 is 27.6 Å². The Labute approximate surface area is 162 Å². The average Bonchev–Trinajstić information content (AvgIpc) is 2.61. The van der Waals surface area contributed by atoms with Gasteiger partial charge in [0.25, 0.3) is 5.69 Å². The van der Waals surface area contributed by atoms with Crippen LogP contribution in [0.15, 0.2) is 29.2 Å². The van der Waals surface area contributed by atoms with Gasteiger partial charge in [0.05, 0.1) is 16.4 Å². The number of piperazine rings is 1. The Bertz CT molecular complexity index is 849. The van der Waals surface area contributed by atoms with Crippen LogP contribution in [0.1, 0.15) is 13.8 Å². The monoisotopic (exact) mass is 413 g/mol. The second-order valence-electron chi connectivity index (χ2n) is 6.61. The Morgan fingerprint density at radius 1 is 1.21 bits per heavy atom. The molecule has 2 rings (SSSR count). The highest BCUT2D eigenvalue weighted by atomic mass is 32.2. The van der Waals surface area contributed by atoms with Gasteiger partial charge in [-0.3, -0.25) is 25.1 Å². The van der Waals surface area contributed by atoms with Crippen molar-refractivity contribution in [3.05, 3.63) is 34.4 Å². The minimum atomic E-state index is -3.86. The normalized spacial score (nSPS) is 16.0. The number of imide groups is 1. The van der Waals surface area contributed by atoms with Crippen molar-refractivity contribution in [1.82, 2.24) is 19.8 Å². The third-order valence-electron chi connectivity index (χ3n) is 4.04. The van der Waals surface area contributed by atoms with E-state index >= 15 is 0 Å². The molecule has 1 aliphatic rings. The number of nitrogens with zero attached hydrogens (tertiary/aromatic N) is 3. The Hall–Kier alpha value is -2.57. The van der Waals surface area contributed by atoms with Crippen LogP contribution in [0.25, 0.3) is 0 Å². The first-order valence-electron chi connectivity index (χ1n) is 8.67. The number of nitro benzene ring substituents is 1. The summed E-state index contributed by atoms with van der Waals surface area (Å²) in [4.78, 5) is 35.2. The Kier molecular flexibility index (Phi) is 7.05. The van der Waals surface area contributed by atoms with Gasteiger partial charge < -0.3 is 5.32 Å². The zero-order chi connectivity index (χ0) is 20.9. The van der Waals surface area contributed by atoms with E-state index in [0.717, 1.165) is 6.07 Å². The minimum absolute atomic E-state index is 0.0315. The first-order valence-corrected chi connectivity index (χ1v) is 10.1. The largest absolute Gasteiger partial charge is 0.336 e. The molecule has 1 heterocycles. The zero-order valence-corrected chi connectivity index (χ0v) is 16.4. The van der Waals surface area contributed by atoms with Crippen LogP contribution in [-0.4, -0.2) is 73.3 Å². The van der Waals surface area contributed by atoms with Gasteiger partial charge in [-0.2, -0.15) is 4.31 Å². The number of rotatable bonds is 6. The second-order valence-corrected chi connectivity index (χ2v) is 8.55. The van der Waals surface area contributed by atoms with E-state index in [-0.39, 0.29) is 36.3 Å². The molecule has 154 valence electrons. The van der Waals surface area contributed by atoms with E-state index in [1.54, 1.807) is 18.7 Å². The lowest BCUT2D eigenvalue weighted by atomic mass is 10.3. The van der Waals surface area contributed by atoms with Gasteiger partial charge in [-0.1, -0.05) is 6.07 Å². The molecule has 0 unspecified atom stereocenters. The van der Waals surface area contributed by atoms with Crippen LogP contribution in [-0.2, 0) is 14.8 Å². The fourth-order valence-corrected chi connectivity index (χ4v) is 4.16. The molecule has 0 spiro atoms. The third-order valence-corrected chi connectivity index (χ3v) is 5.93. The maximum absolute atomic E-state index is 12.7. The highest BCUT2D eigenvalue weighted by Crippen LogP contribution is 2.21. The number of non-ortho nitro benzene ring substituents is 1. The molecule has 12 heteroatoms. The van der Waals surface area contributed by atoms with E-state index in [2.05, 4.69) is 10.6 Å². The summed E-state index contributed by atoms with van der Waals surface area (Å²) in [5.41, 5.74) is -0.295. The SMILES string of the molecule is CC(C)NC(=O)NC(=O)CN1CCN(S(=O)(=O)c2cccc([N+](=O)[O-])c2)CC1. The van der Waals surface area contributed by atoms with Crippen molar-refractivity contribution in [2.45, 2.75) is 24.8 Å². The summed E-state index contributed by atoms with van der Waals surface area (Å²) in [6.07, 6.45) is 0. The number of carbonyl (C=O) groups excluding carboxylic acids is 2. The van der Waals surface area contributed by atoms with Crippen LogP contribution in [0.2, 0.25) is 0 Å². The van der Waals surface area contributed by atoms with Gasteiger partial charge in [-0.15, -0.1) is 0 Å².